The highest BCUT2D eigenvalue weighted by Gasteiger charge is 2.32. The number of nitrogens with zero attached hydrogens (tertiary/aromatic N) is 1. The van der Waals surface area contributed by atoms with E-state index in [2.05, 4.69) is 26.0 Å². The topological polar surface area (TPSA) is 29.5 Å². The van der Waals surface area contributed by atoms with Crippen molar-refractivity contribution in [1.29, 1.82) is 0 Å². The predicted octanol–water partition coefficient (Wildman–Crippen LogP) is 2.19. The Hall–Kier alpha value is -1.45. The van der Waals surface area contributed by atoms with Crippen LogP contribution in [-0.2, 0) is 11.2 Å². The van der Waals surface area contributed by atoms with Crippen LogP contribution in [0.5, 0.6) is 0 Å². The van der Waals surface area contributed by atoms with Gasteiger partial charge >= 0.3 is 6.09 Å². The van der Waals surface area contributed by atoms with Crippen molar-refractivity contribution in [3.63, 3.8) is 0 Å². The van der Waals surface area contributed by atoms with Crippen LogP contribution in [-0.4, -0.2) is 31.0 Å². The molecule has 0 spiro atoms. The third kappa shape index (κ3) is 3.17. The van der Waals surface area contributed by atoms with Crippen molar-refractivity contribution < 1.29 is 9.53 Å². The van der Waals surface area contributed by atoms with E-state index < -0.39 is 5.60 Å². The minimum Gasteiger partial charge on any atom is -0.444 e. The van der Waals surface area contributed by atoms with Crippen LogP contribution in [0.15, 0.2) is 18.2 Å². The van der Waals surface area contributed by atoms with E-state index in [1.807, 2.05) is 32.6 Å². The second-order valence-electron chi connectivity index (χ2n) is 6.52. The summed E-state index contributed by atoms with van der Waals surface area (Å²) in [5.74, 6) is 0. The van der Waals surface area contributed by atoms with E-state index in [0.717, 1.165) is 12.8 Å². The van der Waals surface area contributed by atoms with E-state index in [4.69, 9.17) is 4.74 Å². The number of aryl methyl sites for hydroxylation is 1. The van der Waals surface area contributed by atoms with Crippen LogP contribution in [0, 0.1) is 0 Å². The molecule has 0 N–H and O–H groups in total. The number of carbonyl (C=O) groups is 1. The maximum atomic E-state index is 12.4. The molecule has 3 nitrogen and oxygen atoms in total. The molecule has 0 saturated carbocycles. The molecular weight excluding hydrogens is 249 g/mol. The number of hydrogen-bond acceptors (Lipinski definition) is 2. The molecule has 0 unspecified atom stereocenters. The highest BCUT2D eigenvalue weighted by atomic mass is 16.6. The first-order chi connectivity index (χ1) is 9.31. The lowest BCUT2D eigenvalue weighted by Crippen LogP contribution is -2.38. The number of benzene rings is 1. The van der Waals surface area contributed by atoms with Crippen molar-refractivity contribution in [2.24, 2.45) is 0 Å². The highest BCUT2D eigenvalue weighted by molar-refractivity contribution is 6.32. The number of hydrogen-bond donors (Lipinski definition) is 0. The summed E-state index contributed by atoms with van der Waals surface area (Å²) >= 11 is 0. The Morgan fingerprint density at radius 1 is 1.45 bits per heavy atom. The lowest BCUT2D eigenvalue weighted by Gasteiger charge is -2.31. The first-order valence-corrected chi connectivity index (χ1v) is 7.41. The zero-order valence-electron chi connectivity index (χ0n) is 13.2. The Kier molecular flexibility index (Phi) is 4.12. The van der Waals surface area contributed by atoms with Crippen molar-refractivity contribution in [1.82, 2.24) is 4.90 Å². The highest BCUT2D eigenvalue weighted by Crippen LogP contribution is 2.35. The third-order valence-electron chi connectivity index (χ3n) is 3.69. The van der Waals surface area contributed by atoms with E-state index in [1.165, 1.54) is 16.6 Å². The summed E-state index contributed by atoms with van der Waals surface area (Å²) in [6.45, 7) is 8.41. The van der Waals surface area contributed by atoms with E-state index >= 15 is 0 Å². The average molecular weight is 273 g/mol. The fourth-order valence-electron chi connectivity index (χ4n) is 2.82. The van der Waals surface area contributed by atoms with Gasteiger partial charge in [-0.1, -0.05) is 23.7 Å². The lowest BCUT2D eigenvalue weighted by molar-refractivity contribution is 0.0171. The van der Waals surface area contributed by atoms with Gasteiger partial charge in [0.15, 0.2) is 0 Å². The van der Waals surface area contributed by atoms with Gasteiger partial charge in [0, 0.05) is 6.54 Å². The summed E-state index contributed by atoms with van der Waals surface area (Å²) in [5.41, 5.74) is 3.45. The SMILES string of the molecule is Bc1ccc2c(c1)[C@H](N(CC)C(=O)OC(C)(C)C)CC2. The fourth-order valence-corrected chi connectivity index (χ4v) is 2.82. The second-order valence-corrected chi connectivity index (χ2v) is 6.52. The molecule has 1 atom stereocenters. The van der Waals surface area contributed by atoms with Gasteiger partial charge in [-0.05, 0) is 51.7 Å². The normalized spacial score (nSPS) is 17.7. The van der Waals surface area contributed by atoms with Crippen molar-refractivity contribution in [2.45, 2.75) is 52.2 Å². The maximum Gasteiger partial charge on any atom is 0.410 e. The molecule has 1 aromatic carbocycles. The van der Waals surface area contributed by atoms with Crippen molar-refractivity contribution >= 4 is 19.4 Å². The van der Waals surface area contributed by atoms with Gasteiger partial charge in [0.05, 0.1) is 6.04 Å². The van der Waals surface area contributed by atoms with E-state index in [0.29, 0.717) is 6.54 Å². The molecule has 20 heavy (non-hydrogen) atoms. The second kappa shape index (κ2) is 5.51. The zero-order valence-corrected chi connectivity index (χ0v) is 13.2. The monoisotopic (exact) mass is 273 g/mol. The molecule has 0 bridgehead atoms. The van der Waals surface area contributed by atoms with Crippen LogP contribution in [0.4, 0.5) is 4.79 Å². The predicted molar refractivity (Wildman–Crippen MR) is 84.3 cm³/mol. The molecule has 1 aliphatic carbocycles. The Balaban J connectivity index is 2.23. The molecule has 0 saturated heterocycles. The molecule has 0 fully saturated rings. The Morgan fingerprint density at radius 2 is 2.15 bits per heavy atom. The molecule has 2 rings (SSSR count). The smallest absolute Gasteiger partial charge is 0.410 e. The minimum atomic E-state index is -0.446. The number of ether oxygens (including phenoxy) is 1. The summed E-state index contributed by atoms with van der Waals surface area (Å²) in [6.07, 6.45) is 1.82. The number of amides is 1. The molecule has 0 radical (unpaired) electrons. The zero-order chi connectivity index (χ0) is 14.9. The summed E-state index contributed by atoms with van der Waals surface area (Å²) in [7, 11) is 2.10. The van der Waals surface area contributed by atoms with Gasteiger partial charge in [0.1, 0.15) is 13.4 Å². The van der Waals surface area contributed by atoms with Gasteiger partial charge in [-0.25, -0.2) is 4.79 Å². The first kappa shape index (κ1) is 15.0. The van der Waals surface area contributed by atoms with Gasteiger partial charge in [-0.2, -0.15) is 0 Å². The van der Waals surface area contributed by atoms with Crippen molar-refractivity contribution in [2.75, 3.05) is 6.54 Å². The molecule has 108 valence electrons. The summed E-state index contributed by atoms with van der Waals surface area (Å²) in [6, 6.07) is 6.70. The fraction of sp³-hybridized carbons (Fsp3) is 0.562. The van der Waals surface area contributed by atoms with E-state index in [1.54, 1.807) is 0 Å². The summed E-state index contributed by atoms with van der Waals surface area (Å²) in [5, 5.41) is 0. The minimum absolute atomic E-state index is 0.157. The van der Waals surface area contributed by atoms with Gasteiger partial charge in [0.2, 0.25) is 0 Å². The number of carbonyl (C=O) groups excluding carboxylic acids is 1. The average Bonchev–Trinajstić information content (AvgIpc) is 2.71. The first-order valence-electron chi connectivity index (χ1n) is 7.41. The van der Waals surface area contributed by atoms with Gasteiger partial charge in [-0.15, -0.1) is 0 Å². The lowest BCUT2D eigenvalue weighted by atomic mass is 9.92. The quantitative estimate of drug-likeness (QED) is 0.773. The van der Waals surface area contributed by atoms with Crippen LogP contribution >= 0.6 is 0 Å². The van der Waals surface area contributed by atoms with Crippen LogP contribution in [0.1, 0.15) is 51.3 Å². The molecule has 4 heteroatoms. The van der Waals surface area contributed by atoms with Crippen molar-refractivity contribution in [3.8, 4) is 0 Å². The molecule has 0 aliphatic heterocycles. The third-order valence-corrected chi connectivity index (χ3v) is 3.69. The van der Waals surface area contributed by atoms with Gasteiger partial charge in [0.25, 0.3) is 0 Å². The Labute approximate surface area is 122 Å². The summed E-state index contributed by atoms with van der Waals surface area (Å²) < 4.78 is 5.54. The van der Waals surface area contributed by atoms with E-state index in [9.17, 15) is 4.79 Å². The molecule has 0 aromatic heterocycles. The molecule has 1 aromatic rings. The van der Waals surface area contributed by atoms with Crippen LogP contribution in [0.2, 0.25) is 0 Å². The Morgan fingerprint density at radius 3 is 2.75 bits per heavy atom. The molecule has 1 aliphatic rings. The van der Waals surface area contributed by atoms with Crippen molar-refractivity contribution in [3.05, 3.63) is 29.3 Å². The number of fused-ring (bicyclic) bond motifs is 1. The van der Waals surface area contributed by atoms with E-state index in [-0.39, 0.29) is 12.1 Å². The largest absolute Gasteiger partial charge is 0.444 e. The molecule has 1 amide bonds. The maximum absolute atomic E-state index is 12.4. The van der Waals surface area contributed by atoms with Crippen LogP contribution in [0.25, 0.3) is 0 Å². The van der Waals surface area contributed by atoms with Crippen LogP contribution < -0.4 is 5.46 Å². The molecule has 0 heterocycles. The standard InChI is InChI=1S/C16H24BNO2/c1-5-18(15(19)20-16(2,3)4)14-9-7-11-6-8-12(17)10-13(11)14/h6,8,10,14H,5,7,9,17H2,1-4H3/t14-/m1/s1. The Bertz CT molecular complexity index is 508. The molecular formula is C16H24BNO2. The summed E-state index contributed by atoms with van der Waals surface area (Å²) in [4.78, 5) is 14.2. The van der Waals surface area contributed by atoms with Gasteiger partial charge in [-0.3, -0.25) is 0 Å². The van der Waals surface area contributed by atoms with Crippen LogP contribution in [0.3, 0.4) is 0 Å². The number of rotatable bonds is 2. The van der Waals surface area contributed by atoms with Gasteiger partial charge < -0.3 is 9.64 Å².